The van der Waals surface area contributed by atoms with Gasteiger partial charge in [0.2, 0.25) is 5.79 Å². The Hall–Kier alpha value is -0.240. The predicted octanol–water partition coefficient (Wildman–Crippen LogP) is 1.30. The molecule has 0 bridgehead atoms. The van der Waals surface area contributed by atoms with E-state index in [4.69, 9.17) is 23.7 Å². The van der Waals surface area contributed by atoms with Gasteiger partial charge in [-0.3, -0.25) is 0 Å². The van der Waals surface area contributed by atoms with E-state index >= 15 is 0 Å². The molecule has 4 aliphatic rings. The highest BCUT2D eigenvalue weighted by molar-refractivity contribution is 5.02. The highest BCUT2D eigenvalue weighted by Gasteiger charge is 2.63. The average molecular weight is 300 g/mol. The van der Waals surface area contributed by atoms with Crippen LogP contribution in [0.25, 0.3) is 0 Å². The summed E-state index contributed by atoms with van der Waals surface area (Å²) in [4.78, 5) is 0. The van der Waals surface area contributed by atoms with E-state index in [1.54, 1.807) is 0 Å². The normalized spacial score (nSPS) is 47.9. The van der Waals surface area contributed by atoms with Crippen molar-refractivity contribution in [2.24, 2.45) is 0 Å². The number of hydrogen-bond acceptors (Lipinski definition) is 6. The van der Waals surface area contributed by atoms with Gasteiger partial charge >= 0.3 is 0 Å². The molecule has 0 radical (unpaired) electrons. The highest BCUT2D eigenvalue weighted by Crippen LogP contribution is 2.47. The maximum absolute atomic E-state index is 10.7. The second kappa shape index (κ2) is 4.63. The van der Waals surface area contributed by atoms with Crippen LogP contribution in [0.2, 0.25) is 0 Å². The van der Waals surface area contributed by atoms with Crippen LogP contribution in [0.1, 0.15) is 46.0 Å². The van der Waals surface area contributed by atoms with Crippen molar-refractivity contribution in [2.45, 2.75) is 81.6 Å². The fourth-order valence-corrected chi connectivity index (χ4v) is 3.94. The molecule has 0 aromatic rings. The molecule has 0 aromatic heterocycles. The maximum Gasteiger partial charge on any atom is 0.224 e. The summed E-state index contributed by atoms with van der Waals surface area (Å²) >= 11 is 0. The van der Waals surface area contributed by atoms with Gasteiger partial charge < -0.3 is 28.8 Å². The first-order valence-corrected chi connectivity index (χ1v) is 7.96. The Balaban J connectivity index is 1.54. The molecule has 1 aliphatic carbocycles. The van der Waals surface area contributed by atoms with Crippen LogP contribution in [0.4, 0.5) is 0 Å². The molecular weight excluding hydrogens is 276 g/mol. The first-order valence-electron chi connectivity index (χ1n) is 7.96. The third-order valence-corrected chi connectivity index (χ3v) is 4.99. The molecular formula is C15H24O6. The van der Waals surface area contributed by atoms with Gasteiger partial charge in [0.05, 0.1) is 6.61 Å². The average Bonchev–Trinajstić information content (AvgIpc) is 2.95. The van der Waals surface area contributed by atoms with Crippen molar-refractivity contribution in [3.05, 3.63) is 0 Å². The van der Waals surface area contributed by atoms with Gasteiger partial charge in [0.15, 0.2) is 11.6 Å². The summed E-state index contributed by atoms with van der Waals surface area (Å²) in [6, 6.07) is 0. The molecule has 0 amide bonds. The van der Waals surface area contributed by atoms with Crippen LogP contribution in [0.15, 0.2) is 0 Å². The minimum Gasteiger partial charge on any atom is -0.385 e. The van der Waals surface area contributed by atoms with Gasteiger partial charge in [0, 0.05) is 12.8 Å². The Bertz CT molecular complexity index is 418. The molecule has 6 heteroatoms. The first kappa shape index (κ1) is 14.4. The van der Waals surface area contributed by atoms with E-state index in [1.165, 1.54) is 6.42 Å². The molecule has 1 saturated carbocycles. The minimum atomic E-state index is -1.13. The second-order valence-corrected chi connectivity index (χ2v) is 7.07. The van der Waals surface area contributed by atoms with Crippen molar-refractivity contribution in [3.8, 4) is 0 Å². The number of fused-ring (bicyclic) bond motifs is 1. The topological polar surface area (TPSA) is 66.4 Å². The first-order chi connectivity index (χ1) is 9.94. The fraction of sp³-hybridized carbons (Fsp3) is 1.00. The summed E-state index contributed by atoms with van der Waals surface area (Å²) in [6.45, 7) is 4.21. The van der Waals surface area contributed by atoms with Crippen LogP contribution in [0.3, 0.4) is 0 Å². The number of aliphatic hydroxyl groups excluding tert-OH is 1. The molecule has 1 N–H and O–H groups in total. The number of rotatable bonds is 0. The summed E-state index contributed by atoms with van der Waals surface area (Å²) < 4.78 is 29.5. The van der Waals surface area contributed by atoms with Gasteiger partial charge in [-0.25, -0.2) is 0 Å². The molecule has 3 aliphatic heterocycles. The van der Waals surface area contributed by atoms with E-state index in [9.17, 15) is 5.11 Å². The second-order valence-electron chi connectivity index (χ2n) is 7.07. The van der Waals surface area contributed by atoms with Crippen LogP contribution in [-0.4, -0.2) is 54.0 Å². The lowest BCUT2D eigenvalue weighted by Gasteiger charge is -2.41. The Morgan fingerprint density at radius 3 is 2.43 bits per heavy atom. The third-order valence-electron chi connectivity index (χ3n) is 4.99. The van der Waals surface area contributed by atoms with E-state index in [2.05, 4.69) is 0 Å². The van der Waals surface area contributed by atoms with Crippen molar-refractivity contribution in [1.29, 1.82) is 0 Å². The smallest absolute Gasteiger partial charge is 0.224 e. The van der Waals surface area contributed by atoms with Gasteiger partial charge in [-0.2, -0.15) is 0 Å². The summed E-state index contributed by atoms with van der Waals surface area (Å²) in [5, 5.41) is 10.7. The zero-order valence-corrected chi connectivity index (χ0v) is 12.7. The van der Waals surface area contributed by atoms with E-state index in [0.717, 1.165) is 25.7 Å². The Morgan fingerprint density at radius 1 is 1.00 bits per heavy atom. The highest BCUT2D eigenvalue weighted by atomic mass is 16.9. The van der Waals surface area contributed by atoms with Crippen LogP contribution in [-0.2, 0) is 23.7 Å². The quantitative estimate of drug-likeness (QED) is 0.727. The molecule has 0 aromatic carbocycles. The van der Waals surface area contributed by atoms with Crippen molar-refractivity contribution in [1.82, 2.24) is 0 Å². The summed E-state index contributed by atoms with van der Waals surface area (Å²) in [7, 11) is 0. The third kappa shape index (κ3) is 2.24. The van der Waals surface area contributed by atoms with Crippen molar-refractivity contribution in [2.75, 3.05) is 13.2 Å². The zero-order chi connectivity index (χ0) is 14.7. The fourth-order valence-electron chi connectivity index (χ4n) is 3.94. The lowest BCUT2D eigenvalue weighted by atomic mass is 9.94. The predicted molar refractivity (Wildman–Crippen MR) is 71.4 cm³/mol. The molecule has 2 spiro atoms. The number of ether oxygens (including phenoxy) is 5. The van der Waals surface area contributed by atoms with E-state index in [-0.39, 0.29) is 12.7 Å². The molecule has 0 unspecified atom stereocenters. The van der Waals surface area contributed by atoms with Gasteiger partial charge in [0.1, 0.15) is 24.9 Å². The Kier molecular flexibility index (Phi) is 3.17. The molecule has 3 saturated heterocycles. The lowest BCUT2D eigenvalue weighted by molar-refractivity contribution is -0.326. The summed E-state index contributed by atoms with van der Waals surface area (Å²) in [5.74, 6) is -2.41. The molecule has 6 nitrogen and oxygen atoms in total. The molecule has 4 atom stereocenters. The maximum atomic E-state index is 10.7. The molecule has 3 heterocycles. The van der Waals surface area contributed by atoms with Crippen LogP contribution in [0.5, 0.6) is 0 Å². The zero-order valence-electron chi connectivity index (χ0n) is 12.7. The number of aliphatic hydroxyl groups is 1. The largest absolute Gasteiger partial charge is 0.385 e. The van der Waals surface area contributed by atoms with Crippen LogP contribution >= 0.6 is 0 Å². The number of hydrogen-bond donors (Lipinski definition) is 1. The minimum absolute atomic E-state index is 0.209. The van der Waals surface area contributed by atoms with Crippen LogP contribution < -0.4 is 0 Å². The van der Waals surface area contributed by atoms with Crippen molar-refractivity contribution in [3.63, 3.8) is 0 Å². The van der Waals surface area contributed by atoms with Crippen molar-refractivity contribution >= 4 is 0 Å². The molecule has 120 valence electrons. The standard InChI is InChI=1S/C15H24O6/c1-13(2)18-9-15(21-13)12(16)11-10(8-17-15)19-14(20-11)6-4-3-5-7-14/h10-12,16H,3-9H2,1-2H3/t10-,11-,12+,15+/m1/s1. The molecule has 4 fully saturated rings. The van der Waals surface area contributed by atoms with Crippen molar-refractivity contribution < 1.29 is 28.8 Å². The van der Waals surface area contributed by atoms with Gasteiger partial charge in [-0.05, 0) is 26.7 Å². The molecule has 21 heavy (non-hydrogen) atoms. The Morgan fingerprint density at radius 2 is 1.76 bits per heavy atom. The SMILES string of the molecule is CC1(C)OC[C@]2(OC[C@H]3OC4(CCCCC4)O[C@H]3[C@@H]2O)O1. The summed E-state index contributed by atoms with van der Waals surface area (Å²) in [5.41, 5.74) is 0. The Labute approximate surface area is 124 Å². The summed E-state index contributed by atoms with van der Waals surface area (Å²) in [6.07, 6.45) is 3.68. The van der Waals surface area contributed by atoms with Gasteiger partial charge in [0.25, 0.3) is 0 Å². The van der Waals surface area contributed by atoms with E-state index in [1.807, 2.05) is 13.8 Å². The lowest BCUT2D eigenvalue weighted by Crippen LogP contribution is -2.61. The monoisotopic (exact) mass is 300 g/mol. The van der Waals surface area contributed by atoms with Gasteiger partial charge in [-0.1, -0.05) is 6.42 Å². The van der Waals surface area contributed by atoms with Gasteiger partial charge in [-0.15, -0.1) is 0 Å². The van der Waals surface area contributed by atoms with E-state index in [0.29, 0.717) is 6.61 Å². The van der Waals surface area contributed by atoms with E-state index < -0.39 is 29.6 Å². The van der Waals surface area contributed by atoms with Crippen LogP contribution in [0, 0.1) is 0 Å². The molecule has 4 rings (SSSR count).